The van der Waals surface area contributed by atoms with E-state index in [1.54, 1.807) is 0 Å². The van der Waals surface area contributed by atoms with Crippen LogP contribution in [0.25, 0.3) is 21.2 Å². The molecule has 0 saturated heterocycles. The van der Waals surface area contributed by atoms with Gasteiger partial charge in [-0.2, -0.15) is 10.4 Å². The highest BCUT2D eigenvalue weighted by molar-refractivity contribution is 7.19. The number of benzene rings is 2. The van der Waals surface area contributed by atoms with Crippen LogP contribution in [0.2, 0.25) is 0 Å². The molecule has 0 saturated carbocycles. The van der Waals surface area contributed by atoms with Gasteiger partial charge in [0.05, 0.1) is 23.9 Å². The molecule has 0 aliphatic rings. The van der Waals surface area contributed by atoms with Crippen molar-refractivity contribution in [1.29, 1.82) is 5.26 Å². The smallest absolute Gasteiger partial charge is 0.0994 e. The van der Waals surface area contributed by atoms with Crippen molar-refractivity contribution in [2.75, 3.05) is 0 Å². The van der Waals surface area contributed by atoms with Crippen molar-refractivity contribution in [3.8, 4) is 17.2 Å². The lowest BCUT2D eigenvalue weighted by molar-refractivity contribution is 0.666. The molecule has 3 nitrogen and oxygen atoms in total. The summed E-state index contributed by atoms with van der Waals surface area (Å²) in [6.07, 6.45) is 0. The average Bonchev–Trinajstić information content (AvgIpc) is 3.14. The van der Waals surface area contributed by atoms with Gasteiger partial charge >= 0.3 is 0 Å². The molecule has 2 aromatic heterocycles. The maximum atomic E-state index is 9.17. The van der Waals surface area contributed by atoms with Crippen LogP contribution in [0.1, 0.15) is 33.0 Å². The number of nitriles is 1. The minimum atomic E-state index is 0.724. The van der Waals surface area contributed by atoms with Crippen molar-refractivity contribution in [3.63, 3.8) is 0 Å². The second-order valence-electron chi connectivity index (χ2n) is 7.10. The fraction of sp³-hybridized carbons (Fsp3) is 0.217. The summed E-state index contributed by atoms with van der Waals surface area (Å²) in [5.74, 6) is 0. The van der Waals surface area contributed by atoms with Crippen LogP contribution in [0.4, 0.5) is 0 Å². The Hall–Kier alpha value is -2.90. The summed E-state index contributed by atoms with van der Waals surface area (Å²) in [7, 11) is 0. The Morgan fingerprint density at radius 3 is 2.59 bits per heavy atom. The second kappa shape index (κ2) is 6.68. The summed E-state index contributed by atoms with van der Waals surface area (Å²) >= 11 is 1.83. The Balaban J connectivity index is 1.71. The largest absolute Gasteiger partial charge is 0.264 e. The van der Waals surface area contributed by atoms with Gasteiger partial charge in [0, 0.05) is 20.8 Å². The Morgan fingerprint density at radius 1 is 1.04 bits per heavy atom. The van der Waals surface area contributed by atoms with Gasteiger partial charge in [-0.3, -0.25) is 4.68 Å². The van der Waals surface area contributed by atoms with Gasteiger partial charge in [-0.1, -0.05) is 23.8 Å². The minimum absolute atomic E-state index is 0.724. The maximum absolute atomic E-state index is 9.17. The molecule has 0 unspecified atom stereocenters. The van der Waals surface area contributed by atoms with E-state index in [4.69, 9.17) is 10.4 Å². The van der Waals surface area contributed by atoms with Crippen LogP contribution in [0.3, 0.4) is 0 Å². The molecule has 4 rings (SSSR count). The van der Waals surface area contributed by atoms with Crippen molar-refractivity contribution < 1.29 is 0 Å². The Labute approximate surface area is 163 Å². The molecule has 4 heteroatoms. The topological polar surface area (TPSA) is 41.6 Å². The first-order valence-electron chi connectivity index (χ1n) is 9.00. The molecule has 0 aliphatic heterocycles. The number of rotatable bonds is 3. The van der Waals surface area contributed by atoms with Crippen molar-refractivity contribution in [3.05, 3.63) is 75.4 Å². The molecule has 134 valence electrons. The second-order valence-corrected chi connectivity index (χ2v) is 8.27. The fourth-order valence-corrected chi connectivity index (χ4v) is 4.68. The quantitative estimate of drug-likeness (QED) is 0.449. The van der Waals surface area contributed by atoms with Crippen molar-refractivity contribution >= 4 is 21.4 Å². The predicted molar refractivity (Wildman–Crippen MR) is 112 cm³/mol. The first-order valence-corrected chi connectivity index (χ1v) is 9.82. The third-order valence-corrected chi connectivity index (χ3v) is 6.15. The molecule has 0 bridgehead atoms. The van der Waals surface area contributed by atoms with Crippen molar-refractivity contribution in [2.24, 2.45) is 0 Å². The lowest BCUT2D eigenvalue weighted by atomic mass is 9.99. The van der Waals surface area contributed by atoms with Crippen LogP contribution in [0, 0.1) is 39.0 Å². The highest BCUT2D eigenvalue weighted by Crippen LogP contribution is 2.31. The van der Waals surface area contributed by atoms with E-state index in [1.807, 2.05) is 30.4 Å². The van der Waals surface area contributed by atoms with Crippen molar-refractivity contribution in [1.82, 2.24) is 9.78 Å². The Kier molecular flexibility index (Phi) is 4.33. The van der Waals surface area contributed by atoms with Gasteiger partial charge in [0.1, 0.15) is 0 Å². The minimum Gasteiger partial charge on any atom is -0.264 e. The van der Waals surface area contributed by atoms with E-state index in [2.05, 4.69) is 61.9 Å². The average molecular weight is 372 g/mol. The van der Waals surface area contributed by atoms with E-state index in [0.717, 1.165) is 34.6 Å². The first kappa shape index (κ1) is 17.5. The van der Waals surface area contributed by atoms with E-state index < -0.39 is 0 Å². The maximum Gasteiger partial charge on any atom is 0.0994 e. The van der Waals surface area contributed by atoms with Gasteiger partial charge in [-0.25, -0.2) is 0 Å². The van der Waals surface area contributed by atoms with Gasteiger partial charge in [0.25, 0.3) is 0 Å². The summed E-state index contributed by atoms with van der Waals surface area (Å²) in [4.78, 5) is 1.31. The number of thiophene rings is 1. The number of hydrogen-bond acceptors (Lipinski definition) is 3. The van der Waals surface area contributed by atoms with Gasteiger partial charge < -0.3 is 0 Å². The molecule has 27 heavy (non-hydrogen) atoms. The summed E-state index contributed by atoms with van der Waals surface area (Å²) in [6, 6.07) is 17.1. The highest BCUT2D eigenvalue weighted by Gasteiger charge is 2.15. The van der Waals surface area contributed by atoms with Gasteiger partial charge in [0.15, 0.2) is 0 Å². The van der Waals surface area contributed by atoms with Gasteiger partial charge in [-0.15, -0.1) is 11.3 Å². The van der Waals surface area contributed by atoms with E-state index in [9.17, 15) is 0 Å². The SMILES string of the molecule is Cc1ccc2sc(Cn3nc(C)c(-c4ccc(C#N)c(C)c4)c3C)cc2c1. The van der Waals surface area contributed by atoms with Gasteiger partial charge in [-0.05, 0) is 68.5 Å². The molecule has 0 amide bonds. The number of hydrogen-bond donors (Lipinski definition) is 0. The summed E-state index contributed by atoms with van der Waals surface area (Å²) < 4.78 is 3.41. The summed E-state index contributed by atoms with van der Waals surface area (Å²) in [5.41, 5.74) is 7.48. The van der Waals surface area contributed by atoms with Crippen LogP contribution in [0.5, 0.6) is 0 Å². The lowest BCUT2D eigenvalue weighted by Gasteiger charge is -2.06. The molecule has 0 fully saturated rings. The Bertz CT molecular complexity index is 1200. The zero-order valence-electron chi connectivity index (χ0n) is 16.0. The van der Waals surface area contributed by atoms with E-state index >= 15 is 0 Å². The van der Waals surface area contributed by atoms with E-state index in [1.165, 1.54) is 26.1 Å². The van der Waals surface area contributed by atoms with Crippen LogP contribution in [-0.4, -0.2) is 9.78 Å². The summed E-state index contributed by atoms with van der Waals surface area (Å²) in [6.45, 7) is 9.07. The number of aromatic nitrogens is 2. The standard InChI is InChI=1S/C23H21N3S/c1-14-5-8-22-20(9-14)11-21(27-22)13-26-17(4)23(16(3)25-26)18-6-7-19(12-24)15(2)10-18/h5-11H,13H2,1-4H3. The van der Waals surface area contributed by atoms with Crippen LogP contribution in [-0.2, 0) is 6.54 Å². The number of aryl methyl sites for hydroxylation is 3. The van der Waals surface area contributed by atoms with E-state index in [-0.39, 0.29) is 0 Å². The number of fused-ring (bicyclic) bond motifs is 1. The van der Waals surface area contributed by atoms with Crippen LogP contribution >= 0.6 is 11.3 Å². The summed E-state index contributed by atoms with van der Waals surface area (Å²) in [5, 5.41) is 15.3. The normalized spacial score (nSPS) is 11.1. The molecule has 0 radical (unpaired) electrons. The predicted octanol–water partition coefficient (Wildman–Crippen LogP) is 5.92. The molecule has 2 heterocycles. The molecular formula is C23H21N3S. The molecule has 0 spiro atoms. The third-order valence-electron chi connectivity index (χ3n) is 5.05. The fourth-order valence-electron chi connectivity index (χ4n) is 3.66. The zero-order chi connectivity index (χ0) is 19.1. The Morgan fingerprint density at radius 2 is 1.85 bits per heavy atom. The van der Waals surface area contributed by atoms with Crippen LogP contribution in [0.15, 0.2) is 42.5 Å². The first-order chi connectivity index (χ1) is 13.0. The van der Waals surface area contributed by atoms with Gasteiger partial charge in [0.2, 0.25) is 0 Å². The molecule has 2 aromatic carbocycles. The molecule has 0 N–H and O–H groups in total. The molecule has 4 aromatic rings. The monoisotopic (exact) mass is 371 g/mol. The molecule has 0 atom stereocenters. The zero-order valence-corrected chi connectivity index (χ0v) is 16.8. The molecular weight excluding hydrogens is 350 g/mol. The highest BCUT2D eigenvalue weighted by atomic mass is 32.1. The van der Waals surface area contributed by atoms with Crippen molar-refractivity contribution in [2.45, 2.75) is 34.2 Å². The third kappa shape index (κ3) is 3.15. The number of nitrogens with zero attached hydrogens (tertiary/aromatic N) is 3. The molecule has 0 aliphatic carbocycles. The lowest BCUT2D eigenvalue weighted by Crippen LogP contribution is -2.02. The van der Waals surface area contributed by atoms with Crippen LogP contribution < -0.4 is 0 Å². The van der Waals surface area contributed by atoms with E-state index in [0.29, 0.717) is 0 Å².